The highest BCUT2D eigenvalue weighted by Crippen LogP contribution is 2.27. The van der Waals surface area contributed by atoms with Gasteiger partial charge < -0.3 is 10.1 Å². The highest BCUT2D eigenvalue weighted by molar-refractivity contribution is 6.32. The second kappa shape index (κ2) is 4.76. The first-order valence-electron chi connectivity index (χ1n) is 4.99. The number of nitrogens with zero attached hydrogens (tertiary/aromatic N) is 2. The Bertz CT molecular complexity index is 394. The third kappa shape index (κ3) is 2.15. The minimum absolute atomic E-state index is 0.176. The van der Waals surface area contributed by atoms with Crippen molar-refractivity contribution >= 4 is 23.7 Å². The summed E-state index contributed by atoms with van der Waals surface area (Å²) < 4.78 is 5.17. The Morgan fingerprint density at radius 3 is 2.94 bits per heavy atom. The van der Waals surface area contributed by atoms with Crippen molar-refractivity contribution in [2.45, 2.75) is 25.0 Å². The molecule has 1 aliphatic rings. The largest absolute Gasteiger partial charge is 0.381 e. The minimum Gasteiger partial charge on any atom is -0.381 e. The number of aromatic nitrogens is 2. The zero-order chi connectivity index (χ0) is 11.5. The first-order valence-corrected chi connectivity index (χ1v) is 5.37. The number of hydrogen-bond donors (Lipinski definition) is 1. The Labute approximate surface area is 98.2 Å². The Hall–Kier alpha value is -1.20. The highest BCUT2D eigenvalue weighted by atomic mass is 35.5. The van der Waals surface area contributed by atoms with Crippen LogP contribution in [0.15, 0.2) is 6.33 Å². The van der Waals surface area contributed by atoms with Crippen molar-refractivity contribution in [3.63, 3.8) is 0 Å². The maximum absolute atomic E-state index is 10.8. The summed E-state index contributed by atoms with van der Waals surface area (Å²) in [6, 6.07) is 0.287. The van der Waals surface area contributed by atoms with E-state index in [1.165, 1.54) is 6.33 Å². The number of halogens is 1. The lowest BCUT2D eigenvalue weighted by Crippen LogP contribution is -2.40. The van der Waals surface area contributed by atoms with Crippen LogP contribution < -0.4 is 5.32 Å². The molecular weight excluding hydrogens is 230 g/mol. The van der Waals surface area contributed by atoms with E-state index in [2.05, 4.69) is 15.3 Å². The maximum atomic E-state index is 10.8. The third-order valence-corrected chi connectivity index (χ3v) is 3.02. The first-order chi connectivity index (χ1) is 7.74. The van der Waals surface area contributed by atoms with Crippen LogP contribution in [-0.2, 0) is 4.74 Å². The van der Waals surface area contributed by atoms with Gasteiger partial charge >= 0.3 is 0 Å². The molecule has 1 aromatic heterocycles. The number of rotatable bonds is 4. The number of carbonyl (C=O) groups is 1. The highest BCUT2D eigenvalue weighted by Gasteiger charge is 2.29. The molecule has 0 bridgehead atoms. The predicted molar refractivity (Wildman–Crippen MR) is 59.9 cm³/mol. The molecule has 0 aromatic carbocycles. The lowest BCUT2D eigenvalue weighted by molar-refractivity contribution is 0.0328. The second-order valence-corrected chi connectivity index (χ2v) is 4.07. The van der Waals surface area contributed by atoms with E-state index in [0.717, 1.165) is 12.8 Å². The maximum Gasteiger partial charge on any atom is 0.156 e. The van der Waals surface area contributed by atoms with Gasteiger partial charge in [-0.3, -0.25) is 4.79 Å². The molecule has 1 saturated carbocycles. The normalized spacial score (nSPS) is 23.6. The molecule has 0 aliphatic heterocycles. The van der Waals surface area contributed by atoms with Gasteiger partial charge in [0.1, 0.15) is 17.3 Å². The van der Waals surface area contributed by atoms with Crippen LogP contribution in [0.1, 0.15) is 23.2 Å². The Kier molecular flexibility index (Phi) is 3.36. The lowest BCUT2D eigenvalue weighted by Gasteiger charge is -2.35. The van der Waals surface area contributed by atoms with Crippen molar-refractivity contribution in [2.75, 3.05) is 12.4 Å². The number of ether oxygens (including phenoxy) is 1. The van der Waals surface area contributed by atoms with Crippen LogP contribution in [0.3, 0.4) is 0 Å². The average molecular weight is 242 g/mol. The molecule has 1 heterocycles. The Morgan fingerprint density at radius 2 is 2.31 bits per heavy atom. The van der Waals surface area contributed by atoms with Crippen LogP contribution in [0, 0.1) is 0 Å². The number of methoxy groups -OCH3 is 1. The summed E-state index contributed by atoms with van der Waals surface area (Å²) in [5.41, 5.74) is 0.310. The topological polar surface area (TPSA) is 64.1 Å². The van der Waals surface area contributed by atoms with Gasteiger partial charge in [0, 0.05) is 13.2 Å². The van der Waals surface area contributed by atoms with Gasteiger partial charge in [-0.1, -0.05) is 11.6 Å². The summed E-state index contributed by atoms with van der Waals surface area (Å²) in [7, 11) is 1.69. The molecule has 1 aliphatic carbocycles. The van der Waals surface area contributed by atoms with Gasteiger partial charge in [-0.25, -0.2) is 9.97 Å². The standard InChI is InChI=1S/C10H12ClN3O2/c1-16-7-2-6(3-7)14-10-8(4-15)9(11)12-5-13-10/h4-7H,2-3H2,1H3,(H,12,13,14). The van der Waals surface area contributed by atoms with E-state index >= 15 is 0 Å². The average Bonchev–Trinajstić information content (AvgIpc) is 2.23. The van der Waals surface area contributed by atoms with E-state index in [1.54, 1.807) is 7.11 Å². The van der Waals surface area contributed by atoms with Crippen molar-refractivity contribution in [1.29, 1.82) is 0 Å². The molecule has 2 rings (SSSR count). The fourth-order valence-corrected chi connectivity index (χ4v) is 1.84. The lowest BCUT2D eigenvalue weighted by atomic mass is 9.89. The van der Waals surface area contributed by atoms with Crippen LogP contribution in [0.25, 0.3) is 0 Å². The number of carbonyl (C=O) groups excluding carboxylic acids is 1. The Balaban J connectivity index is 2.05. The molecule has 5 nitrogen and oxygen atoms in total. The first kappa shape index (κ1) is 11.3. The van der Waals surface area contributed by atoms with Crippen molar-refractivity contribution in [3.05, 3.63) is 17.0 Å². The molecule has 16 heavy (non-hydrogen) atoms. The number of aldehydes is 1. The van der Waals surface area contributed by atoms with Crippen molar-refractivity contribution in [2.24, 2.45) is 0 Å². The van der Waals surface area contributed by atoms with Gasteiger partial charge in [0.25, 0.3) is 0 Å². The third-order valence-electron chi connectivity index (χ3n) is 2.72. The van der Waals surface area contributed by atoms with Gasteiger partial charge in [-0.05, 0) is 12.8 Å². The van der Waals surface area contributed by atoms with Crippen LogP contribution in [0.5, 0.6) is 0 Å². The fraction of sp³-hybridized carbons (Fsp3) is 0.500. The van der Waals surface area contributed by atoms with Crippen LogP contribution in [0.4, 0.5) is 5.82 Å². The zero-order valence-electron chi connectivity index (χ0n) is 8.81. The quantitative estimate of drug-likeness (QED) is 0.640. The van der Waals surface area contributed by atoms with Gasteiger partial charge in [-0.2, -0.15) is 0 Å². The van der Waals surface area contributed by atoms with Gasteiger partial charge in [0.05, 0.1) is 11.7 Å². The number of hydrogen-bond acceptors (Lipinski definition) is 5. The summed E-state index contributed by atoms with van der Waals surface area (Å²) in [5.74, 6) is 0.495. The monoisotopic (exact) mass is 241 g/mol. The molecular formula is C10H12ClN3O2. The molecule has 86 valence electrons. The summed E-state index contributed by atoms with van der Waals surface area (Å²) in [5, 5.41) is 3.33. The smallest absolute Gasteiger partial charge is 0.156 e. The van der Waals surface area contributed by atoms with Gasteiger partial charge in [0.15, 0.2) is 6.29 Å². The molecule has 6 heteroatoms. The zero-order valence-corrected chi connectivity index (χ0v) is 9.57. The SMILES string of the molecule is COC1CC(Nc2ncnc(Cl)c2C=O)C1. The predicted octanol–water partition coefficient (Wildman–Crippen LogP) is 1.53. The summed E-state index contributed by atoms with van der Waals surface area (Å²) in [6.07, 6.45) is 4.13. The van der Waals surface area contributed by atoms with E-state index in [0.29, 0.717) is 23.8 Å². The van der Waals surface area contributed by atoms with Crippen molar-refractivity contribution in [3.8, 4) is 0 Å². The van der Waals surface area contributed by atoms with E-state index < -0.39 is 0 Å². The molecule has 0 saturated heterocycles. The second-order valence-electron chi connectivity index (χ2n) is 3.71. The summed E-state index contributed by atoms with van der Waals surface area (Å²) in [4.78, 5) is 18.6. The fourth-order valence-electron chi connectivity index (χ4n) is 1.66. The molecule has 0 unspecified atom stereocenters. The van der Waals surface area contributed by atoms with E-state index in [9.17, 15) is 4.79 Å². The molecule has 1 aromatic rings. The molecule has 0 amide bonds. The van der Waals surface area contributed by atoms with E-state index in [4.69, 9.17) is 16.3 Å². The van der Waals surface area contributed by atoms with Crippen LogP contribution >= 0.6 is 11.6 Å². The molecule has 0 spiro atoms. The summed E-state index contributed by atoms with van der Waals surface area (Å²) in [6.45, 7) is 0. The van der Waals surface area contributed by atoms with Crippen molar-refractivity contribution in [1.82, 2.24) is 9.97 Å². The van der Waals surface area contributed by atoms with Crippen LogP contribution in [-0.4, -0.2) is 35.5 Å². The van der Waals surface area contributed by atoms with Crippen molar-refractivity contribution < 1.29 is 9.53 Å². The van der Waals surface area contributed by atoms with Gasteiger partial charge in [0.2, 0.25) is 0 Å². The minimum atomic E-state index is 0.176. The molecule has 0 radical (unpaired) electrons. The van der Waals surface area contributed by atoms with Crippen LogP contribution in [0.2, 0.25) is 5.15 Å². The Morgan fingerprint density at radius 1 is 1.56 bits per heavy atom. The van der Waals surface area contributed by atoms with Gasteiger partial charge in [-0.15, -0.1) is 0 Å². The number of anilines is 1. The van der Waals surface area contributed by atoms with E-state index in [-0.39, 0.29) is 11.2 Å². The molecule has 1 N–H and O–H groups in total. The molecule has 1 fully saturated rings. The number of nitrogens with one attached hydrogen (secondary N) is 1. The molecule has 0 atom stereocenters. The van der Waals surface area contributed by atoms with E-state index in [1.807, 2.05) is 0 Å². The summed E-state index contributed by atoms with van der Waals surface area (Å²) >= 11 is 5.78.